The summed E-state index contributed by atoms with van der Waals surface area (Å²) in [5, 5.41) is 6.29. The first-order valence-electron chi connectivity index (χ1n) is 5.77. The third-order valence-electron chi connectivity index (χ3n) is 2.60. The zero-order valence-corrected chi connectivity index (χ0v) is 9.86. The molecule has 18 heavy (non-hydrogen) atoms. The number of hydrogen-bond donors (Lipinski definition) is 3. The Kier molecular flexibility index (Phi) is 3.91. The van der Waals surface area contributed by atoms with Crippen molar-refractivity contribution in [2.45, 2.75) is 0 Å². The van der Waals surface area contributed by atoms with Crippen molar-refractivity contribution in [3.05, 3.63) is 29.3 Å². The minimum atomic E-state index is -0.583. The van der Waals surface area contributed by atoms with Crippen LogP contribution in [0, 0.1) is 0 Å². The maximum atomic E-state index is 11.3. The fraction of sp³-hybridized carbons (Fsp3) is 0.333. The molecule has 1 heterocycles. The summed E-state index contributed by atoms with van der Waals surface area (Å²) in [6.07, 6.45) is 0. The Balaban J connectivity index is 1.93. The minimum absolute atomic E-state index is 0.319. The predicted molar refractivity (Wildman–Crippen MR) is 66.6 cm³/mol. The van der Waals surface area contributed by atoms with Crippen molar-refractivity contribution in [3.8, 4) is 0 Å². The Hall–Kier alpha value is -1.92. The Morgan fingerprint density at radius 2 is 1.83 bits per heavy atom. The summed E-state index contributed by atoms with van der Waals surface area (Å²) >= 11 is 0. The number of esters is 2. The van der Waals surface area contributed by atoms with Crippen molar-refractivity contribution in [3.63, 3.8) is 0 Å². The topological polar surface area (TPSA) is 93.5 Å². The lowest BCUT2D eigenvalue weighted by Gasteiger charge is -2.07. The van der Waals surface area contributed by atoms with Crippen LogP contribution in [0.3, 0.4) is 0 Å². The van der Waals surface area contributed by atoms with E-state index in [1.54, 1.807) is 18.2 Å². The number of hydrogen-bond acceptors (Lipinski definition) is 6. The SMILES string of the molecule is NCCNCCNc1ccc2c(c1)C(=O)OC2=O. The molecule has 0 spiro atoms. The normalized spacial score (nSPS) is 13.4. The molecule has 0 aromatic heterocycles. The van der Waals surface area contributed by atoms with Crippen LogP contribution in [0.15, 0.2) is 18.2 Å². The zero-order chi connectivity index (χ0) is 13.0. The van der Waals surface area contributed by atoms with E-state index in [1.165, 1.54) is 0 Å². The molecule has 0 bridgehead atoms. The van der Waals surface area contributed by atoms with Gasteiger partial charge in [0.25, 0.3) is 0 Å². The van der Waals surface area contributed by atoms with E-state index in [1.807, 2.05) is 0 Å². The van der Waals surface area contributed by atoms with Crippen molar-refractivity contribution < 1.29 is 14.3 Å². The molecule has 0 amide bonds. The first-order valence-corrected chi connectivity index (χ1v) is 5.77. The molecular formula is C12H15N3O3. The molecule has 96 valence electrons. The molecule has 0 radical (unpaired) electrons. The van der Waals surface area contributed by atoms with E-state index >= 15 is 0 Å². The van der Waals surface area contributed by atoms with Crippen molar-refractivity contribution >= 4 is 17.6 Å². The van der Waals surface area contributed by atoms with Gasteiger partial charge >= 0.3 is 11.9 Å². The van der Waals surface area contributed by atoms with Gasteiger partial charge in [-0.25, -0.2) is 9.59 Å². The molecule has 0 aliphatic carbocycles. The van der Waals surface area contributed by atoms with E-state index in [4.69, 9.17) is 5.73 Å². The standard InChI is InChI=1S/C12H15N3O3/c13-3-4-14-5-6-15-8-1-2-9-10(7-8)12(17)18-11(9)16/h1-2,7,14-15H,3-6,13H2. The number of anilines is 1. The molecule has 1 aromatic carbocycles. The molecular weight excluding hydrogens is 234 g/mol. The molecule has 1 aliphatic rings. The number of rotatable bonds is 6. The minimum Gasteiger partial charge on any atom is -0.386 e. The number of cyclic esters (lactones) is 2. The Labute approximate surface area is 104 Å². The van der Waals surface area contributed by atoms with Crippen LogP contribution in [0.5, 0.6) is 0 Å². The lowest BCUT2D eigenvalue weighted by Crippen LogP contribution is -2.27. The van der Waals surface area contributed by atoms with Gasteiger partial charge in [0.15, 0.2) is 0 Å². The van der Waals surface area contributed by atoms with Gasteiger partial charge < -0.3 is 21.1 Å². The highest BCUT2D eigenvalue weighted by Crippen LogP contribution is 2.23. The first kappa shape index (κ1) is 12.5. The second kappa shape index (κ2) is 5.61. The van der Waals surface area contributed by atoms with Crippen molar-refractivity contribution in [1.29, 1.82) is 0 Å². The second-order valence-corrected chi connectivity index (χ2v) is 3.90. The van der Waals surface area contributed by atoms with Crippen LogP contribution in [0.4, 0.5) is 5.69 Å². The van der Waals surface area contributed by atoms with Gasteiger partial charge in [-0.1, -0.05) is 0 Å². The summed E-state index contributed by atoms with van der Waals surface area (Å²) in [6, 6.07) is 4.98. The van der Waals surface area contributed by atoms with E-state index in [0.717, 1.165) is 18.8 Å². The van der Waals surface area contributed by atoms with Crippen LogP contribution in [0.1, 0.15) is 20.7 Å². The van der Waals surface area contributed by atoms with Crippen LogP contribution < -0.4 is 16.4 Å². The highest BCUT2D eigenvalue weighted by Gasteiger charge is 2.29. The first-order chi connectivity index (χ1) is 8.72. The molecule has 0 fully saturated rings. The molecule has 0 saturated carbocycles. The van der Waals surface area contributed by atoms with E-state index < -0.39 is 11.9 Å². The van der Waals surface area contributed by atoms with Crippen LogP contribution in [0.25, 0.3) is 0 Å². The maximum Gasteiger partial charge on any atom is 0.346 e. The zero-order valence-electron chi connectivity index (χ0n) is 9.86. The maximum absolute atomic E-state index is 11.3. The summed E-state index contributed by atoms with van der Waals surface area (Å²) in [5.41, 5.74) is 6.78. The van der Waals surface area contributed by atoms with Gasteiger partial charge in [-0.2, -0.15) is 0 Å². The van der Waals surface area contributed by atoms with E-state index in [9.17, 15) is 9.59 Å². The van der Waals surface area contributed by atoms with Gasteiger partial charge in [-0.3, -0.25) is 0 Å². The van der Waals surface area contributed by atoms with E-state index in [2.05, 4.69) is 15.4 Å². The average molecular weight is 249 g/mol. The third-order valence-corrected chi connectivity index (χ3v) is 2.60. The van der Waals surface area contributed by atoms with Gasteiger partial charge in [-0.05, 0) is 18.2 Å². The number of ether oxygens (including phenoxy) is 1. The molecule has 6 nitrogen and oxygen atoms in total. The van der Waals surface area contributed by atoms with Crippen molar-refractivity contribution in [2.24, 2.45) is 5.73 Å². The molecule has 1 aromatic rings. The molecule has 0 saturated heterocycles. The number of benzene rings is 1. The Bertz CT molecular complexity index is 474. The average Bonchev–Trinajstić information content (AvgIpc) is 2.65. The van der Waals surface area contributed by atoms with Gasteiger partial charge in [-0.15, -0.1) is 0 Å². The summed E-state index contributed by atoms with van der Waals surface area (Å²) in [7, 11) is 0. The van der Waals surface area contributed by atoms with Gasteiger partial charge in [0.05, 0.1) is 11.1 Å². The summed E-state index contributed by atoms with van der Waals surface area (Å²) in [6.45, 7) is 2.86. The number of fused-ring (bicyclic) bond motifs is 1. The smallest absolute Gasteiger partial charge is 0.346 e. The van der Waals surface area contributed by atoms with E-state index in [-0.39, 0.29) is 0 Å². The van der Waals surface area contributed by atoms with Gasteiger partial charge in [0, 0.05) is 31.9 Å². The number of nitrogens with one attached hydrogen (secondary N) is 2. The summed E-state index contributed by atoms with van der Waals surface area (Å²) in [4.78, 5) is 22.6. The summed E-state index contributed by atoms with van der Waals surface area (Å²) in [5.74, 6) is -1.16. The molecule has 6 heteroatoms. The lowest BCUT2D eigenvalue weighted by molar-refractivity contribution is 0.0444. The molecule has 0 atom stereocenters. The predicted octanol–water partition coefficient (Wildman–Crippen LogP) is -0.0426. The number of carbonyl (C=O) groups excluding carboxylic acids is 2. The highest BCUT2D eigenvalue weighted by molar-refractivity contribution is 6.15. The van der Waals surface area contributed by atoms with Crippen LogP contribution in [-0.4, -0.2) is 38.1 Å². The second-order valence-electron chi connectivity index (χ2n) is 3.90. The quantitative estimate of drug-likeness (QED) is 0.372. The highest BCUT2D eigenvalue weighted by atomic mass is 16.6. The monoisotopic (exact) mass is 249 g/mol. The third kappa shape index (κ3) is 2.66. The number of carbonyl (C=O) groups is 2. The van der Waals surface area contributed by atoms with Crippen LogP contribution in [-0.2, 0) is 4.74 Å². The number of nitrogens with two attached hydrogens (primary N) is 1. The fourth-order valence-corrected chi connectivity index (χ4v) is 1.72. The van der Waals surface area contributed by atoms with E-state index in [0.29, 0.717) is 24.2 Å². The van der Waals surface area contributed by atoms with Gasteiger partial charge in [0.2, 0.25) is 0 Å². The molecule has 0 unspecified atom stereocenters. The Morgan fingerprint density at radius 3 is 2.61 bits per heavy atom. The van der Waals surface area contributed by atoms with Gasteiger partial charge in [0.1, 0.15) is 0 Å². The Morgan fingerprint density at radius 1 is 1.06 bits per heavy atom. The van der Waals surface area contributed by atoms with Crippen LogP contribution in [0.2, 0.25) is 0 Å². The lowest BCUT2D eigenvalue weighted by atomic mass is 10.1. The van der Waals surface area contributed by atoms with Crippen molar-refractivity contribution in [2.75, 3.05) is 31.5 Å². The van der Waals surface area contributed by atoms with Crippen molar-refractivity contribution in [1.82, 2.24) is 5.32 Å². The molecule has 4 N–H and O–H groups in total. The fourth-order valence-electron chi connectivity index (χ4n) is 1.72. The summed E-state index contributed by atoms with van der Waals surface area (Å²) < 4.78 is 4.51. The largest absolute Gasteiger partial charge is 0.386 e. The molecule has 2 rings (SSSR count). The van der Waals surface area contributed by atoms with Crippen LogP contribution >= 0.6 is 0 Å². The molecule has 1 aliphatic heterocycles.